The second-order valence-corrected chi connectivity index (χ2v) is 4.50. The fraction of sp³-hybridized carbons (Fsp3) is 0.133. The van der Waals surface area contributed by atoms with Crippen LogP contribution in [0.3, 0.4) is 0 Å². The number of alkyl halides is 3. The number of aromatic nitrogens is 3. The minimum Gasteiger partial charge on any atom is -0.480 e. The Morgan fingerprint density at radius 3 is 2.43 bits per heavy atom. The van der Waals surface area contributed by atoms with Crippen molar-refractivity contribution in [1.29, 1.82) is 0 Å². The van der Waals surface area contributed by atoms with Crippen molar-refractivity contribution >= 4 is 11.2 Å². The second-order valence-electron chi connectivity index (χ2n) is 4.50. The largest absolute Gasteiger partial charge is 0.480 e. The Morgan fingerprint density at radius 2 is 1.65 bits per heavy atom. The Morgan fingerprint density at radius 1 is 0.913 bits per heavy atom. The maximum Gasteiger partial charge on any atom is 0.422 e. The molecular formula is C15H10F3N3O2. The van der Waals surface area contributed by atoms with E-state index in [4.69, 9.17) is 9.47 Å². The van der Waals surface area contributed by atoms with Crippen molar-refractivity contribution in [3.8, 4) is 17.4 Å². The van der Waals surface area contributed by atoms with Crippen LogP contribution >= 0.6 is 0 Å². The third kappa shape index (κ3) is 3.85. The first-order chi connectivity index (χ1) is 11.0. The number of fused-ring (bicyclic) bond motifs is 1. The Labute approximate surface area is 128 Å². The molecule has 0 saturated heterocycles. The summed E-state index contributed by atoms with van der Waals surface area (Å²) in [4.78, 5) is 12.3. The van der Waals surface area contributed by atoms with E-state index in [2.05, 4.69) is 15.0 Å². The highest BCUT2D eigenvalue weighted by Crippen LogP contribution is 2.32. The molecule has 3 aromatic rings. The molecule has 0 saturated carbocycles. The maximum absolute atomic E-state index is 12.3. The first-order valence-electron chi connectivity index (χ1n) is 6.55. The molecule has 1 aromatic carbocycles. The van der Waals surface area contributed by atoms with E-state index in [0.29, 0.717) is 11.2 Å². The summed E-state index contributed by atoms with van der Waals surface area (Å²) in [6.45, 7) is -1.40. The molecule has 23 heavy (non-hydrogen) atoms. The van der Waals surface area contributed by atoms with E-state index >= 15 is 0 Å². The Kier molecular flexibility index (Phi) is 3.96. The molecule has 0 spiro atoms. The molecule has 0 unspecified atom stereocenters. The number of ether oxygens (including phenoxy) is 2. The van der Waals surface area contributed by atoms with Crippen LogP contribution in [0.15, 0.2) is 48.8 Å². The first kappa shape index (κ1) is 15.0. The van der Waals surface area contributed by atoms with Crippen LogP contribution in [0.4, 0.5) is 13.2 Å². The van der Waals surface area contributed by atoms with Gasteiger partial charge in [-0.2, -0.15) is 18.2 Å². The van der Waals surface area contributed by atoms with E-state index in [1.54, 1.807) is 24.3 Å². The molecule has 0 amide bonds. The molecule has 2 aromatic heterocycles. The smallest absolute Gasteiger partial charge is 0.422 e. The van der Waals surface area contributed by atoms with Gasteiger partial charge < -0.3 is 9.47 Å². The summed E-state index contributed by atoms with van der Waals surface area (Å²) in [6, 6.07) is 9.27. The van der Waals surface area contributed by atoms with Crippen molar-refractivity contribution in [3.05, 3.63) is 48.8 Å². The standard InChI is InChI=1S/C15H10F3N3O2/c16-15(17,18)9-22-11-3-1-2-4-12(11)23-13-6-5-10-14(21-13)20-8-7-19-10/h1-8H,9H2. The molecule has 8 heteroatoms. The lowest BCUT2D eigenvalue weighted by molar-refractivity contribution is -0.153. The molecule has 0 aliphatic heterocycles. The second kappa shape index (κ2) is 6.07. The van der Waals surface area contributed by atoms with Crippen LogP contribution in [-0.2, 0) is 0 Å². The van der Waals surface area contributed by atoms with Gasteiger partial charge in [0.15, 0.2) is 23.8 Å². The van der Waals surface area contributed by atoms with Crippen molar-refractivity contribution in [2.75, 3.05) is 6.61 Å². The predicted molar refractivity (Wildman–Crippen MR) is 75.4 cm³/mol. The van der Waals surface area contributed by atoms with Gasteiger partial charge in [-0.05, 0) is 18.2 Å². The predicted octanol–water partition coefficient (Wildman–Crippen LogP) is 3.76. The van der Waals surface area contributed by atoms with Gasteiger partial charge in [-0.15, -0.1) is 0 Å². The Hall–Kier alpha value is -2.90. The Balaban J connectivity index is 1.83. The molecule has 5 nitrogen and oxygen atoms in total. The lowest BCUT2D eigenvalue weighted by Crippen LogP contribution is -2.19. The normalized spacial score (nSPS) is 11.4. The van der Waals surface area contributed by atoms with Crippen LogP contribution in [-0.4, -0.2) is 27.7 Å². The number of halogens is 3. The van der Waals surface area contributed by atoms with Crippen LogP contribution < -0.4 is 9.47 Å². The van der Waals surface area contributed by atoms with Gasteiger partial charge >= 0.3 is 6.18 Å². The molecular weight excluding hydrogens is 311 g/mol. The number of pyridine rings is 1. The summed E-state index contributed by atoms with van der Waals surface area (Å²) in [7, 11) is 0. The van der Waals surface area contributed by atoms with Crippen LogP contribution in [0, 0.1) is 0 Å². The number of hydrogen-bond donors (Lipinski definition) is 0. The first-order valence-corrected chi connectivity index (χ1v) is 6.55. The number of para-hydroxylation sites is 2. The highest BCUT2D eigenvalue weighted by molar-refractivity contribution is 5.69. The van der Waals surface area contributed by atoms with E-state index in [1.165, 1.54) is 24.5 Å². The lowest BCUT2D eigenvalue weighted by Gasteiger charge is -2.13. The van der Waals surface area contributed by atoms with Gasteiger partial charge in [0, 0.05) is 18.5 Å². The third-order valence-corrected chi connectivity index (χ3v) is 2.76. The molecule has 2 heterocycles. The monoisotopic (exact) mass is 321 g/mol. The van der Waals surface area contributed by atoms with Crippen LogP contribution in [0.1, 0.15) is 0 Å². The molecule has 0 atom stereocenters. The molecule has 0 radical (unpaired) electrons. The summed E-state index contributed by atoms with van der Waals surface area (Å²) in [5.74, 6) is 0.291. The van der Waals surface area contributed by atoms with Crippen molar-refractivity contribution in [3.63, 3.8) is 0 Å². The SMILES string of the molecule is FC(F)(F)COc1ccccc1Oc1ccc2nccnc2n1. The van der Waals surface area contributed by atoms with Crippen molar-refractivity contribution < 1.29 is 22.6 Å². The van der Waals surface area contributed by atoms with Gasteiger partial charge in [-0.3, -0.25) is 4.98 Å². The number of benzene rings is 1. The van der Waals surface area contributed by atoms with E-state index in [0.717, 1.165) is 0 Å². The number of rotatable bonds is 4. The summed E-state index contributed by atoms with van der Waals surface area (Å²) in [6.07, 6.45) is -1.41. The topological polar surface area (TPSA) is 57.1 Å². The summed E-state index contributed by atoms with van der Waals surface area (Å²) >= 11 is 0. The summed E-state index contributed by atoms with van der Waals surface area (Å²) in [5, 5.41) is 0. The summed E-state index contributed by atoms with van der Waals surface area (Å²) < 4.78 is 47.1. The van der Waals surface area contributed by atoms with Gasteiger partial charge in [0.1, 0.15) is 5.52 Å². The van der Waals surface area contributed by atoms with Crippen molar-refractivity contribution in [2.24, 2.45) is 0 Å². The van der Waals surface area contributed by atoms with E-state index in [-0.39, 0.29) is 17.4 Å². The average Bonchev–Trinajstić information content (AvgIpc) is 2.53. The van der Waals surface area contributed by atoms with Crippen molar-refractivity contribution in [1.82, 2.24) is 15.0 Å². The molecule has 118 valence electrons. The van der Waals surface area contributed by atoms with E-state index in [9.17, 15) is 13.2 Å². The highest BCUT2D eigenvalue weighted by Gasteiger charge is 2.29. The lowest BCUT2D eigenvalue weighted by atomic mass is 10.3. The minimum absolute atomic E-state index is 0.0223. The van der Waals surface area contributed by atoms with Crippen LogP contribution in [0.2, 0.25) is 0 Å². The van der Waals surface area contributed by atoms with Gasteiger partial charge in [0.2, 0.25) is 5.88 Å². The van der Waals surface area contributed by atoms with Gasteiger partial charge in [0.05, 0.1) is 0 Å². The molecule has 0 aliphatic rings. The molecule has 0 aliphatic carbocycles. The Bertz CT molecular complexity index is 824. The van der Waals surface area contributed by atoms with Crippen molar-refractivity contribution in [2.45, 2.75) is 6.18 Å². The fourth-order valence-electron chi connectivity index (χ4n) is 1.82. The van der Waals surface area contributed by atoms with Crippen LogP contribution in [0.25, 0.3) is 11.2 Å². The summed E-state index contributed by atoms with van der Waals surface area (Å²) in [5.41, 5.74) is 0.958. The number of hydrogen-bond acceptors (Lipinski definition) is 5. The zero-order chi connectivity index (χ0) is 16.3. The quantitative estimate of drug-likeness (QED) is 0.732. The molecule has 3 rings (SSSR count). The zero-order valence-electron chi connectivity index (χ0n) is 11.6. The highest BCUT2D eigenvalue weighted by atomic mass is 19.4. The van der Waals surface area contributed by atoms with Gasteiger partial charge in [-0.1, -0.05) is 12.1 Å². The maximum atomic E-state index is 12.3. The van der Waals surface area contributed by atoms with Crippen LogP contribution in [0.5, 0.6) is 17.4 Å². The zero-order valence-corrected chi connectivity index (χ0v) is 11.6. The van der Waals surface area contributed by atoms with Gasteiger partial charge in [0.25, 0.3) is 0 Å². The average molecular weight is 321 g/mol. The van der Waals surface area contributed by atoms with Gasteiger partial charge in [-0.25, -0.2) is 4.98 Å². The van der Waals surface area contributed by atoms with E-state index < -0.39 is 12.8 Å². The van der Waals surface area contributed by atoms with E-state index in [1.807, 2.05) is 0 Å². The fourth-order valence-corrected chi connectivity index (χ4v) is 1.82. The minimum atomic E-state index is -4.43. The molecule has 0 bridgehead atoms. The number of nitrogens with zero attached hydrogens (tertiary/aromatic N) is 3. The molecule has 0 fully saturated rings. The third-order valence-electron chi connectivity index (χ3n) is 2.76. The molecule has 0 N–H and O–H groups in total.